The Hall–Kier alpha value is -1.34. The van der Waals surface area contributed by atoms with Crippen LogP contribution in [-0.2, 0) is 0 Å². The lowest BCUT2D eigenvalue weighted by Crippen LogP contribution is -1.77. The molecule has 0 saturated heterocycles. The van der Waals surface area contributed by atoms with Crippen molar-refractivity contribution in [2.75, 3.05) is 0 Å². The van der Waals surface area contributed by atoms with Gasteiger partial charge in [0.15, 0.2) is 0 Å². The minimum absolute atomic E-state index is 0.544. The molecule has 0 aliphatic heterocycles. The van der Waals surface area contributed by atoms with Crippen LogP contribution in [0.4, 0.5) is 0 Å². The van der Waals surface area contributed by atoms with E-state index in [2.05, 4.69) is 5.16 Å². The Balaban J connectivity index is 3.04. The Bertz CT molecular complexity index is 284. The summed E-state index contributed by atoms with van der Waals surface area (Å²) in [6.07, 6.45) is 1.25. The van der Waals surface area contributed by atoms with Crippen molar-refractivity contribution in [3.63, 3.8) is 0 Å². The molecule has 0 spiro atoms. The minimum Gasteiger partial charge on any atom is -0.411 e. The first-order chi connectivity index (χ1) is 4.88. The van der Waals surface area contributed by atoms with Gasteiger partial charge in [0.25, 0.3) is 0 Å². The van der Waals surface area contributed by atoms with E-state index in [1.165, 1.54) is 17.6 Å². The lowest BCUT2D eigenvalue weighted by atomic mass is 10.3. The largest absolute Gasteiger partial charge is 0.411 e. The number of hydrogen-bond donors (Lipinski definition) is 1. The Morgan fingerprint density at radius 3 is 3.20 bits per heavy atom. The van der Waals surface area contributed by atoms with Crippen molar-refractivity contribution in [3.05, 3.63) is 21.9 Å². The van der Waals surface area contributed by atoms with Crippen molar-refractivity contribution in [2.24, 2.45) is 5.16 Å². The molecule has 10 heavy (non-hydrogen) atoms. The Morgan fingerprint density at radius 1 is 1.80 bits per heavy atom. The molecule has 50 valence electrons. The van der Waals surface area contributed by atoms with Crippen LogP contribution in [-0.4, -0.2) is 11.4 Å². The monoisotopic (exact) mass is 152 g/mol. The van der Waals surface area contributed by atoms with Crippen LogP contribution in [0, 0.1) is 11.3 Å². The molecule has 0 unspecified atom stereocenters. The number of oxime groups is 1. The van der Waals surface area contributed by atoms with E-state index in [1.807, 2.05) is 6.07 Å². The molecular formula is C6H4N2OS. The van der Waals surface area contributed by atoms with E-state index in [-0.39, 0.29) is 0 Å². The standard InChI is InChI=1S/C6H4N2OS/c7-3-5-1-2-10-6(5)4-8-9/h1-2,4,9H. The van der Waals surface area contributed by atoms with E-state index < -0.39 is 0 Å². The second-order valence-electron chi connectivity index (χ2n) is 1.55. The van der Waals surface area contributed by atoms with Gasteiger partial charge >= 0.3 is 0 Å². The molecule has 1 heterocycles. The number of nitriles is 1. The van der Waals surface area contributed by atoms with E-state index in [9.17, 15) is 0 Å². The summed E-state index contributed by atoms with van der Waals surface area (Å²) in [5.74, 6) is 0. The fourth-order valence-electron chi connectivity index (χ4n) is 0.566. The summed E-state index contributed by atoms with van der Waals surface area (Å²) < 4.78 is 0. The molecule has 0 saturated carbocycles. The molecule has 0 fully saturated rings. The van der Waals surface area contributed by atoms with E-state index in [4.69, 9.17) is 10.5 Å². The van der Waals surface area contributed by atoms with E-state index in [1.54, 1.807) is 11.4 Å². The summed E-state index contributed by atoms with van der Waals surface area (Å²) in [4.78, 5) is 0.685. The van der Waals surface area contributed by atoms with E-state index in [0.29, 0.717) is 10.4 Å². The van der Waals surface area contributed by atoms with Crippen molar-refractivity contribution in [1.29, 1.82) is 5.26 Å². The van der Waals surface area contributed by atoms with Gasteiger partial charge in [-0.05, 0) is 11.4 Å². The van der Waals surface area contributed by atoms with Gasteiger partial charge in [-0.2, -0.15) is 5.26 Å². The highest BCUT2D eigenvalue weighted by atomic mass is 32.1. The molecule has 0 amide bonds. The first-order valence-electron chi connectivity index (χ1n) is 2.53. The zero-order chi connectivity index (χ0) is 7.40. The molecule has 1 rings (SSSR count). The maximum absolute atomic E-state index is 8.45. The zero-order valence-electron chi connectivity index (χ0n) is 4.98. The molecule has 1 N–H and O–H groups in total. The van der Waals surface area contributed by atoms with Gasteiger partial charge in [-0.3, -0.25) is 0 Å². The summed E-state index contributed by atoms with van der Waals surface area (Å²) in [5.41, 5.74) is 0.544. The van der Waals surface area contributed by atoms with Crippen molar-refractivity contribution in [1.82, 2.24) is 0 Å². The van der Waals surface area contributed by atoms with Crippen molar-refractivity contribution in [3.8, 4) is 6.07 Å². The molecule has 0 aromatic carbocycles. The Labute approximate surface area is 61.8 Å². The number of nitrogens with zero attached hydrogens (tertiary/aromatic N) is 2. The maximum Gasteiger partial charge on any atom is 0.101 e. The zero-order valence-corrected chi connectivity index (χ0v) is 5.80. The summed E-state index contributed by atoms with van der Waals surface area (Å²) in [7, 11) is 0. The van der Waals surface area contributed by atoms with E-state index >= 15 is 0 Å². The van der Waals surface area contributed by atoms with Crippen LogP contribution in [0.2, 0.25) is 0 Å². The first-order valence-corrected chi connectivity index (χ1v) is 3.41. The van der Waals surface area contributed by atoms with Crippen LogP contribution in [0.3, 0.4) is 0 Å². The highest BCUT2D eigenvalue weighted by Crippen LogP contribution is 2.12. The maximum atomic E-state index is 8.45. The summed E-state index contributed by atoms with van der Waals surface area (Å²) in [6.45, 7) is 0. The Kier molecular flexibility index (Phi) is 2.03. The van der Waals surface area contributed by atoms with Crippen LogP contribution in [0.25, 0.3) is 0 Å². The van der Waals surface area contributed by atoms with Crippen molar-refractivity contribution < 1.29 is 5.21 Å². The van der Waals surface area contributed by atoms with Crippen LogP contribution < -0.4 is 0 Å². The molecule has 4 heteroatoms. The average molecular weight is 152 g/mol. The summed E-state index contributed by atoms with van der Waals surface area (Å²) in [6, 6.07) is 3.65. The van der Waals surface area contributed by atoms with Crippen molar-refractivity contribution in [2.45, 2.75) is 0 Å². The summed E-state index contributed by atoms with van der Waals surface area (Å²) in [5, 5.41) is 21.2. The highest BCUT2D eigenvalue weighted by molar-refractivity contribution is 7.12. The molecule has 0 aliphatic carbocycles. The fourth-order valence-corrected chi connectivity index (χ4v) is 1.27. The molecule has 0 bridgehead atoms. The summed E-state index contributed by atoms with van der Waals surface area (Å²) >= 11 is 1.37. The highest BCUT2D eigenvalue weighted by Gasteiger charge is 1.98. The quantitative estimate of drug-likeness (QED) is 0.376. The van der Waals surface area contributed by atoms with Gasteiger partial charge in [-0.15, -0.1) is 11.3 Å². The number of hydrogen-bond acceptors (Lipinski definition) is 4. The smallest absolute Gasteiger partial charge is 0.101 e. The normalized spacial score (nSPS) is 9.90. The second-order valence-corrected chi connectivity index (χ2v) is 2.50. The molecule has 3 nitrogen and oxygen atoms in total. The SMILES string of the molecule is N#Cc1ccsc1C=NO. The van der Waals surface area contributed by atoms with Gasteiger partial charge in [0, 0.05) is 0 Å². The van der Waals surface area contributed by atoms with Gasteiger partial charge in [0.05, 0.1) is 16.7 Å². The van der Waals surface area contributed by atoms with Gasteiger partial charge < -0.3 is 5.21 Å². The molecule has 0 atom stereocenters. The van der Waals surface area contributed by atoms with Gasteiger partial charge in [0.1, 0.15) is 6.07 Å². The first kappa shape index (κ1) is 6.78. The molecular weight excluding hydrogens is 148 g/mol. The van der Waals surface area contributed by atoms with Gasteiger partial charge in [0.2, 0.25) is 0 Å². The predicted octanol–water partition coefficient (Wildman–Crippen LogP) is 1.43. The topological polar surface area (TPSA) is 56.4 Å². The van der Waals surface area contributed by atoms with Crippen LogP contribution in [0.1, 0.15) is 10.4 Å². The van der Waals surface area contributed by atoms with Crippen LogP contribution in [0.5, 0.6) is 0 Å². The molecule has 0 radical (unpaired) electrons. The lowest BCUT2D eigenvalue weighted by molar-refractivity contribution is 0.322. The Morgan fingerprint density at radius 2 is 2.60 bits per heavy atom. The average Bonchev–Trinajstić information content (AvgIpc) is 2.36. The van der Waals surface area contributed by atoms with E-state index in [0.717, 1.165) is 0 Å². The van der Waals surface area contributed by atoms with Crippen LogP contribution >= 0.6 is 11.3 Å². The predicted molar refractivity (Wildman–Crippen MR) is 38.4 cm³/mol. The third-order valence-corrected chi connectivity index (χ3v) is 1.84. The molecule has 1 aromatic rings. The molecule has 1 aromatic heterocycles. The third kappa shape index (κ3) is 1.14. The molecule has 0 aliphatic rings. The second kappa shape index (κ2) is 2.99. The fraction of sp³-hybridized carbons (Fsp3) is 0. The number of thiophene rings is 1. The minimum atomic E-state index is 0.544. The lowest BCUT2D eigenvalue weighted by Gasteiger charge is -1.80. The van der Waals surface area contributed by atoms with Crippen molar-refractivity contribution >= 4 is 17.6 Å². The van der Waals surface area contributed by atoms with Crippen LogP contribution in [0.15, 0.2) is 16.6 Å². The number of rotatable bonds is 1. The van der Waals surface area contributed by atoms with Gasteiger partial charge in [-0.25, -0.2) is 0 Å². The van der Waals surface area contributed by atoms with Gasteiger partial charge in [-0.1, -0.05) is 5.16 Å². The third-order valence-electron chi connectivity index (χ3n) is 0.991.